The Morgan fingerprint density at radius 1 is 0.739 bits per heavy atom. The quantitative estimate of drug-likeness (QED) is 0.493. The Morgan fingerprint density at radius 3 is 1.91 bits per heavy atom. The molecule has 0 aromatic heterocycles. The number of benzene rings is 3. The number of hydrogen-bond donors (Lipinski definition) is 0. The average Bonchev–Trinajstić information content (AvgIpc) is 2.60. The van der Waals surface area contributed by atoms with Crippen molar-refractivity contribution >= 4 is 11.9 Å². The van der Waals surface area contributed by atoms with Crippen LogP contribution >= 0.6 is 0 Å². The van der Waals surface area contributed by atoms with E-state index < -0.39 is 0 Å². The zero-order chi connectivity index (χ0) is 15.9. The summed E-state index contributed by atoms with van der Waals surface area (Å²) in [5.41, 5.74) is 3.42. The van der Waals surface area contributed by atoms with E-state index in [1.54, 1.807) is 18.3 Å². The third-order valence-corrected chi connectivity index (χ3v) is 3.31. The van der Waals surface area contributed by atoms with Crippen LogP contribution in [0.3, 0.4) is 0 Å². The van der Waals surface area contributed by atoms with Gasteiger partial charge in [0.15, 0.2) is 0 Å². The molecule has 0 spiro atoms. The third-order valence-electron chi connectivity index (χ3n) is 3.31. The largest absolute Gasteiger partial charge is 0.207 e. The van der Waals surface area contributed by atoms with Gasteiger partial charge in [0.25, 0.3) is 0 Å². The fraction of sp³-hybridized carbons (Fsp3) is 0. The highest BCUT2D eigenvalue weighted by Crippen LogP contribution is 2.11. The SMILES string of the molecule is Fc1cccc(C=NN=C(c2ccccc2)c2ccccc2)c1. The van der Waals surface area contributed by atoms with Crippen LogP contribution in [0.1, 0.15) is 16.7 Å². The standard InChI is InChI=1S/C20H15FN2/c21-19-13-7-8-16(14-19)15-22-23-20(17-9-3-1-4-10-17)18-11-5-2-6-12-18/h1-15H. The van der Waals surface area contributed by atoms with Gasteiger partial charge in [0.1, 0.15) is 11.5 Å². The minimum absolute atomic E-state index is 0.288. The molecule has 2 nitrogen and oxygen atoms in total. The van der Waals surface area contributed by atoms with Crippen LogP contribution in [0.25, 0.3) is 0 Å². The summed E-state index contributed by atoms with van der Waals surface area (Å²) in [7, 11) is 0. The summed E-state index contributed by atoms with van der Waals surface area (Å²) in [6, 6.07) is 26.0. The van der Waals surface area contributed by atoms with E-state index in [0.29, 0.717) is 5.56 Å². The van der Waals surface area contributed by atoms with E-state index in [4.69, 9.17) is 0 Å². The highest BCUT2D eigenvalue weighted by molar-refractivity contribution is 6.12. The summed E-state index contributed by atoms with van der Waals surface area (Å²) in [6.07, 6.45) is 1.55. The van der Waals surface area contributed by atoms with Crippen LogP contribution in [-0.2, 0) is 0 Å². The van der Waals surface area contributed by atoms with Crippen LogP contribution in [0, 0.1) is 5.82 Å². The molecule has 0 fully saturated rings. The highest BCUT2D eigenvalue weighted by atomic mass is 19.1. The lowest BCUT2D eigenvalue weighted by Gasteiger charge is -2.05. The first kappa shape index (κ1) is 14.9. The second-order valence-corrected chi connectivity index (χ2v) is 4.98. The second kappa shape index (κ2) is 7.27. The monoisotopic (exact) mass is 302 g/mol. The molecule has 3 aromatic carbocycles. The van der Waals surface area contributed by atoms with Crippen molar-refractivity contribution in [3.05, 3.63) is 107 Å². The van der Waals surface area contributed by atoms with Crippen molar-refractivity contribution in [3.63, 3.8) is 0 Å². The van der Waals surface area contributed by atoms with Gasteiger partial charge in [-0.2, -0.15) is 5.10 Å². The van der Waals surface area contributed by atoms with E-state index in [-0.39, 0.29) is 5.82 Å². The van der Waals surface area contributed by atoms with E-state index in [2.05, 4.69) is 10.2 Å². The lowest BCUT2D eigenvalue weighted by molar-refractivity contribution is 0.627. The molecular weight excluding hydrogens is 287 g/mol. The topological polar surface area (TPSA) is 24.7 Å². The Hall–Kier alpha value is -3.07. The first-order valence-corrected chi connectivity index (χ1v) is 7.30. The molecule has 3 rings (SSSR count). The Kier molecular flexibility index (Phi) is 4.69. The summed E-state index contributed by atoms with van der Waals surface area (Å²) >= 11 is 0. The molecule has 0 unspecified atom stereocenters. The van der Waals surface area contributed by atoms with Gasteiger partial charge >= 0.3 is 0 Å². The fourth-order valence-electron chi connectivity index (χ4n) is 2.21. The Bertz CT molecular complexity index is 783. The fourth-order valence-corrected chi connectivity index (χ4v) is 2.21. The number of nitrogens with zero attached hydrogens (tertiary/aromatic N) is 2. The molecule has 0 saturated carbocycles. The molecule has 23 heavy (non-hydrogen) atoms. The number of halogens is 1. The summed E-state index contributed by atoms with van der Waals surface area (Å²) in [5, 5.41) is 8.48. The first-order chi connectivity index (χ1) is 11.3. The maximum atomic E-state index is 13.2. The molecule has 0 N–H and O–H groups in total. The number of rotatable bonds is 4. The van der Waals surface area contributed by atoms with Crippen molar-refractivity contribution in [2.45, 2.75) is 0 Å². The smallest absolute Gasteiger partial charge is 0.123 e. The van der Waals surface area contributed by atoms with Crippen molar-refractivity contribution < 1.29 is 4.39 Å². The maximum Gasteiger partial charge on any atom is 0.123 e. The Morgan fingerprint density at radius 2 is 1.35 bits per heavy atom. The molecule has 3 heteroatoms. The molecule has 0 bridgehead atoms. The molecule has 0 atom stereocenters. The second-order valence-electron chi connectivity index (χ2n) is 4.98. The van der Waals surface area contributed by atoms with Crippen molar-refractivity contribution in [3.8, 4) is 0 Å². The molecule has 112 valence electrons. The van der Waals surface area contributed by atoms with Crippen molar-refractivity contribution in [1.82, 2.24) is 0 Å². The van der Waals surface area contributed by atoms with E-state index >= 15 is 0 Å². The van der Waals surface area contributed by atoms with Crippen molar-refractivity contribution in [1.29, 1.82) is 0 Å². The molecule has 0 radical (unpaired) electrons. The molecule has 0 aliphatic heterocycles. The van der Waals surface area contributed by atoms with Crippen molar-refractivity contribution in [2.75, 3.05) is 0 Å². The maximum absolute atomic E-state index is 13.2. The van der Waals surface area contributed by atoms with E-state index in [0.717, 1.165) is 16.8 Å². The first-order valence-electron chi connectivity index (χ1n) is 7.30. The van der Waals surface area contributed by atoms with Gasteiger partial charge in [0.05, 0.1) is 6.21 Å². The van der Waals surface area contributed by atoms with Crippen LogP contribution in [0.5, 0.6) is 0 Å². The molecule has 0 aliphatic rings. The van der Waals surface area contributed by atoms with Crippen LogP contribution in [0.4, 0.5) is 4.39 Å². The van der Waals surface area contributed by atoms with Gasteiger partial charge < -0.3 is 0 Å². The van der Waals surface area contributed by atoms with Gasteiger partial charge in [0, 0.05) is 11.1 Å². The van der Waals surface area contributed by atoms with Crippen LogP contribution in [0.15, 0.2) is 95.1 Å². The minimum Gasteiger partial charge on any atom is -0.207 e. The van der Waals surface area contributed by atoms with Gasteiger partial charge in [-0.05, 0) is 17.7 Å². The zero-order valence-corrected chi connectivity index (χ0v) is 12.4. The van der Waals surface area contributed by atoms with Crippen molar-refractivity contribution in [2.24, 2.45) is 10.2 Å². The predicted octanol–water partition coefficient (Wildman–Crippen LogP) is 4.70. The van der Waals surface area contributed by atoms with Gasteiger partial charge in [-0.3, -0.25) is 0 Å². The molecular formula is C20H15FN2. The minimum atomic E-state index is -0.288. The lowest BCUT2D eigenvalue weighted by atomic mass is 10.0. The molecule has 0 heterocycles. The summed E-state index contributed by atoms with van der Waals surface area (Å²) in [4.78, 5) is 0. The van der Waals surface area contributed by atoms with Crippen LogP contribution in [-0.4, -0.2) is 11.9 Å². The third kappa shape index (κ3) is 3.98. The summed E-state index contributed by atoms with van der Waals surface area (Å²) < 4.78 is 13.2. The summed E-state index contributed by atoms with van der Waals surface area (Å²) in [6.45, 7) is 0. The van der Waals surface area contributed by atoms with E-state index in [9.17, 15) is 4.39 Å². The van der Waals surface area contributed by atoms with Gasteiger partial charge in [0.2, 0.25) is 0 Å². The predicted molar refractivity (Wildman–Crippen MR) is 92.5 cm³/mol. The Balaban J connectivity index is 1.95. The molecule has 0 aliphatic carbocycles. The van der Waals surface area contributed by atoms with Crippen LogP contribution < -0.4 is 0 Å². The average molecular weight is 302 g/mol. The molecule has 0 amide bonds. The molecule has 3 aromatic rings. The highest BCUT2D eigenvalue weighted by Gasteiger charge is 2.05. The van der Waals surface area contributed by atoms with Gasteiger partial charge in [-0.25, -0.2) is 4.39 Å². The van der Waals surface area contributed by atoms with Crippen LogP contribution in [0.2, 0.25) is 0 Å². The normalized spacial score (nSPS) is 10.7. The lowest BCUT2D eigenvalue weighted by Crippen LogP contribution is -2.02. The van der Waals surface area contributed by atoms with Gasteiger partial charge in [-0.15, -0.1) is 5.10 Å². The summed E-state index contributed by atoms with van der Waals surface area (Å²) in [5.74, 6) is -0.288. The van der Waals surface area contributed by atoms with E-state index in [1.807, 2.05) is 60.7 Å². The zero-order valence-electron chi connectivity index (χ0n) is 12.4. The Labute approximate surface area is 134 Å². The van der Waals surface area contributed by atoms with Gasteiger partial charge in [-0.1, -0.05) is 72.8 Å². The molecule has 0 saturated heterocycles. The van der Waals surface area contributed by atoms with E-state index in [1.165, 1.54) is 12.1 Å². The number of hydrogen-bond acceptors (Lipinski definition) is 2.